The van der Waals surface area contributed by atoms with Gasteiger partial charge in [-0.05, 0) is 50.0 Å². The van der Waals surface area contributed by atoms with Gasteiger partial charge in [0.2, 0.25) is 0 Å². The molecular formula is C24H36N6O2. The Morgan fingerprint density at radius 3 is 2.72 bits per heavy atom. The summed E-state index contributed by atoms with van der Waals surface area (Å²) in [6.07, 6.45) is 6.36. The van der Waals surface area contributed by atoms with E-state index in [4.69, 9.17) is 9.47 Å². The Bertz CT molecular complexity index is 896. The van der Waals surface area contributed by atoms with Crippen molar-refractivity contribution >= 4 is 5.96 Å². The summed E-state index contributed by atoms with van der Waals surface area (Å²) in [5, 5.41) is 7.97. The fraction of sp³-hybridized carbons (Fsp3) is 0.583. The van der Waals surface area contributed by atoms with E-state index in [1.54, 1.807) is 7.11 Å². The molecule has 1 aromatic heterocycles. The third-order valence-electron chi connectivity index (χ3n) is 6.66. The van der Waals surface area contributed by atoms with E-state index in [0.717, 1.165) is 43.5 Å². The molecule has 0 bridgehead atoms. The number of methoxy groups -OCH3 is 1. The van der Waals surface area contributed by atoms with Crippen LogP contribution in [-0.2, 0) is 11.8 Å². The normalized spacial score (nSPS) is 25.1. The number of rotatable bonds is 5. The Morgan fingerprint density at radius 2 is 2.03 bits per heavy atom. The van der Waals surface area contributed by atoms with Crippen LogP contribution < -0.4 is 10.1 Å². The number of likely N-dealkylation sites (tertiary alicyclic amines) is 1. The number of hydrogen-bond donors (Lipinski definition) is 1. The lowest BCUT2D eigenvalue weighted by Crippen LogP contribution is -2.50. The maximum absolute atomic E-state index is 6.01. The lowest BCUT2D eigenvalue weighted by molar-refractivity contribution is -0.00822. The highest BCUT2D eigenvalue weighted by Crippen LogP contribution is 2.35. The van der Waals surface area contributed by atoms with Gasteiger partial charge in [-0.3, -0.25) is 14.6 Å². The zero-order chi connectivity index (χ0) is 22.5. The monoisotopic (exact) mass is 440 g/mol. The largest absolute Gasteiger partial charge is 0.497 e. The van der Waals surface area contributed by atoms with Crippen LogP contribution in [0.3, 0.4) is 0 Å². The third-order valence-corrected chi connectivity index (χ3v) is 6.66. The van der Waals surface area contributed by atoms with Crippen molar-refractivity contribution in [1.29, 1.82) is 0 Å². The zero-order valence-electron chi connectivity index (χ0n) is 19.7. The molecular weight excluding hydrogens is 404 g/mol. The topological polar surface area (TPSA) is 67.2 Å². The first-order valence-electron chi connectivity index (χ1n) is 11.5. The SMILES string of the molecule is CN=C(NCC1CCCN(C)C1c1ccc(OC)cc1)N1CCOC(c2cnn(C)c2)C1. The van der Waals surface area contributed by atoms with Gasteiger partial charge in [0.25, 0.3) is 0 Å². The highest BCUT2D eigenvalue weighted by molar-refractivity contribution is 5.80. The van der Waals surface area contributed by atoms with Crippen molar-refractivity contribution in [2.45, 2.75) is 25.0 Å². The molecule has 2 fully saturated rings. The number of ether oxygens (including phenoxy) is 2. The van der Waals surface area contributed by atoms with Crippen LogP contribution in [0.25, 0.3) is 0 Å². The number of nitrogens with zero attached hydrogens (tertiary/aromatic N) is 5. The first-order chi connectivity index (χ1) is 15.6. The summed E-state index contributed by atoms with van der Waals surface area (Å²) < 4.78 is 13.2. The van der Waals surface area contributed by atoms with E-state index < -0.39 is 0 Å². The van der Waals surface area contributed by atoms with Crippen LogP contribution >= 0.6 is 0 Å². The van der Waals surface area contributed by atoms with Crippen molar-refractivity contribution in [3.8, 4) is 5.75 Å². The molecule has 2 aliphatic heterocycles. The van der Waals surface area contributed by atoms with Gasteiger partial charge in [0, 0.05) is 45.0 Å². The van der Waals surface area contributed by atoms with Crippen LogP contribution in [0, 0.1) is 5.92 Å². The standard InChI is InChI=1S/C24H36N6O2/c1-25-24(30-12-13-32-22(17-30)20-15-27-29(3)16-20)26-14-19-6-5-11-28(2)23(19)18-7-9-21(31-4)10-8-18/h7-10,15-16,19,22-23H,5-6,11-14,17H2,1-4H3,(H,25,26). The van der Waals surface area contributed by atoms with E-state index in [2.05, 4.69) is 56.5 Å². The second kappa shape index (κ2) is 10.4. The number of hydrogen-bond acceptors (Lipinski definition) is 5. The van der Waals surface area contributed by atoms with Crippen molar-refractivity contribution < 1.29 is 9.47 Å². The Morgan fingerprint density at radius 1 is 1.22 bits per heavy atom. The molecule has 0 spiro atoms. The predicted molar refractivity (Wildman–Crippen MR) is 126 cm³/mol. The third kappa shape index (κ3) is 5.07. The maximum atomic E-state index is 6.01. The molecule has 0 saturated carbocycles. The van der Waals surface area contributed by atoms with Crippen LogP contribution in [0.2, 0.25) is 0 Å². The molecule has 0 amide bonds. The van der Waals surface area contributed by atoms with Gasteiger partial charge in [-0.15, -0.1) is 0 Å². The predicted octanol–water partition coefficient (Wildman–Crippen LogP) is 2.46. The molecule has 3 heterocycles. The van der Waals surface area contributed by atoms with Crippen LogP contribution in [-0.4, -0.2) is 79.5 Å². The molecule has 2 aromatic rings. The summed E-state index contributed by atoms with van der Waals surface area (Å²) in [6, 6.07) is 8.91. The average Bonchev–Trinajstić information content (AvgIpc) is 3.26. The number of aliphatic imine (C=N–C) groups is 1. The second-order valence-electron chi connectivity index (χ2n) is 8.78. The average molecular weight is 441 g/mol. The highest BCUT2D eigenvalue weighted by atomic mass is 16.5. The lowest BCUT2D eigenvalue weighted by atomic mass is 9.85. The molecule has 1 N–H and O–H groups in total. The minimum Gasteiger partial charge on any atom is -0.497 e. The van der Waals surface area contributed by atoms with Gasteiger partial charge in [-0.25, -0.2) is 0 Å². The lowest BCUT2D eigenvalue weighted by Gasteiger charge is -2.41. The number of aryl methyl sites for hydroxylation is 1. The number of benzene rings is 1. The van der Waals surface area contributed by atoms with Gasteiger partial charge in [0.15, 0.2) is 5.96 Å². The quantitative estimate of drug-likeness (QED) is 0.569. The first kappa shape index (κ1) is 22.6. The van der Waals surface area contributed by atoms with Gasteiger partial charge < -0.3 is 19.7 Å². The van der Waals surface area contributed by atoms with Crippen LogP contribution in [0.15, 0.2) is 41.7 Å². The van der Waals surface area contributed by atoms with Crippen molar-refractivity contribution in [2.24, 2.45) is 18.0 Å². The molecule has 3 atom stereocenters. The minimum atomic E-state index is 0.0175. The summed E-state index contributed by atoms with van der Waals surface area (Å²) in [6.45, 7) is 4.31. The van der Waals surface area contributed by atoms with Crippen molar-refractivity contribution in [1.82, 2.24) is 24.9 Å². The summed E-state index contributed by atoms with van der Waals surface area (Å²) in [5.74, 6) is 2.36. The minimum absolute atomic E-state index is 0.0175. The Labute approximate surface area is 191 Å². The highest BCUT2D eigenvalue weighted by Gasteiger charge is 2.31. The summed E-state index contributed by atoms with van der Waals surface area (Å²) in [5.41, 5.74) is 2.46. The molecule has 0 aliphatic carbocycles. The van der Waals surface area contributed by atoms with Gasteiger partial charge >= 0.3 is 0 Å². The number of morpholine rings is 1. The first-order valence-corrected chi connectivity index (χ1v) is 11.5. The zero-order valence-corrected chi connectivity index (χ0v) is 19.7. The van der Waals surface area contributed by atoms with Gasteiger partial charge in [0.1, 0.15) is 11.9 Å². The fourth-order valence-corrected chi connectivity index (χ4v) is 5.01. The van der Waals surface area contributed by atoms with E-state index in [1.807, 2.05) is 31.2 Å². The number of aromatic nitrogens is 2. The number of guanidine groups is 1. The molecule has 8 heteroatoms. The summed E-state index contributed by atoms with van der Waals surface area (Å²) in [4.78, 5) is 9.38. The van der Waals surface area contributed by atoms with Crippen LogP contribution in [0.5, 0.6) is 5.75 Å². The molecule has 8 nitrogen and oxygen atoms in total. The van der Waals surface area contributed by atoms with Gasteiger partial charge in [-0.2, -0.15) is 5.10 Å². The molecule has 4 rings (SSSR count). The molecule has 32 heavy (non-hydrogen) atoms. The fourth-order valence-electron chi connectivity index (χ4n) is 5.01. The number of nitrogens with one attached hydrogen (secondary N) is 1. The van der Waals surface area contributed by atoms with Crippen molar-refractivity contribution in [3.05, 3.63) is 47.8 Å². The van der Waals surface area contributed by atoms with E-state index >= 15 is 0 Å². The van der Waals surface area contributed by atoms with E-state index in [9.17, 15) is 0 Å². The van der Waals surface area contributed by atoms with Crippen molar-refractivity contribution in [2.75, 3.05) is 54.0 Å². The Balaban J connectivity index is 1.41. The molecule has 2 aliphatic rings. The van der Waals surface area contributed by atoms with Crippen molar-refractivity contribution in [3.63, 3.8) is 0 Å². The van der Waals surface area contributed by atoms with Gasteiger partial charge in [-0.1, -0.05) is 12.1 Å². The summed E-state index contributed by atoms with van der Waals surface area (Å²) in [7, 11) is 7.75. The Hall–Kier alpha value is -2.58. The van der Waals surface area contributed by atoms with Gasteiger partial charge in [0.05, 0.1) is 26.5 Å². The Kier molecular flexibility index (Phi) is 7.32. The van der Waals surface area contributed by atoms with Crippen LogP contribution in [0.1, 0.15) is 36.1 Å². The molecule has 1 aromatic carbocycles. The van der Waals surface area contributed by atoms with E-state index in [1.165, 1.54) is 18.4 Å². The van der Waals surface area contributed by atoms with E-state index in [-0.39, 0.29) is 6.10 Å². The molecule has 2 saturated heterocycles. The summed E-state index contributed by atoms with van der Waals surface area (Å²) >= 11 is 0. The molecule has 174 valence electrons. The van der Waals surface area contributed by atoms with E-state index in [0.29, 0.717) is 18.6 Å². The van der Waals surface area contributed by atoms with Crippen LogP contribution in [0.4, 0.5) is 0 Å². The number of piperidine rings is 1. The second-order valence-corrected chi connectivity index (χ2v) is 8.78. The smallest absolute Gasteiger partial charge is 0.193 e. The molecule has 0 radical (unpaired) electrons. The maximum Gasteiger partial charge on any atom is 0.193 e. The molecule has 3 unspecified atom stereocenters.